The van der Waals surface area contributed by atoms with Gasteiger partial charge in [-0.15, -0.1) is 0 Å². The molecule has 24 heavy (non-hydrogen) atoms. The first kappa shape index (κ1) is 21.6. The van der Waals surface area contributed by atoms with Crippen molar-refractivity contribution in [3.63, 3.8) is 0 Å². The third kappa shape index (κ3) is 8.28. The summed E-state index contributed by atoms with van der Waals surface area (Å²) in [6, 6.07) is -1.27. The van der Waals surface area contributed by atoms with Crippen LogP contribution >= 0.6 is 0 Å². The SMILES string of the molecule is CCOC(=O)C(C)NC.CCOC(=O)C(C)NC(=O)n1ccnc1. The molecule has 0 fully saturated rings. The third-order valence-electron chi connectivity index (χ3n) is 2.79. The molecule has 0 aliphatic carbocycles. The molecule has 0 radical (unpaired) electrons. The van der Waals surface area contributed by atoms with Gasteiger partial charge in [-0.1, -0.05) is 0 Å². The van der Waals surface area contributed by atoms with Crippen molar-refractivity contribution in [3.05, 3.63) is 18.7 Å². The molecule has 0 bridgehead atoms. The number of rotatable bonds is 6. The maximum absolute atomic E-state index is 11.4. The lowest BCUT2D eigenvalue weighted by molar-refractivity contribution is -0.145. The molecule has 1 aromatic rings. The molecule has 0 aliphatic heterocycles. The van der Waals surface area contributed by atoms with Gasteiger partial charge in [-0.3, -0.25) is 9.36 Å². The smallest absolute Gasteiger partial charge is 0.328 e. The zero-order valence-electron chi connectivity index (χ0n) is 14.7. The minimum atomic E-state index is -0.667. The van der Waals surface area contributed by atoms with Crippen LogP contribution in [-0.4, -0.2) is 59.9 Å². The molecule has 0 spiro atoms. The first-order chi connectivity index (χ1) is 11.4. The molecule has 1 amide bonds. The molecular weight excluding hydrogens is 316 g/mol. The molecule has 0 saturated heterocycles. The number of nitrogens with zero attached hydrogens (tertiary/aromatic N) is 2. The molecule has 0 aromatic carbocycles. The van der Waals surface area contributed by atoms with Gasteiger partial charge in [0.15, 0.2) is 0 Å². The Bertz CT molecular complexity index is 504. The standard InChI is InChI=1S/C9H13N3O3.C6H13NO2/c1-3-15-8(13)7(2)11-9(14)12-5-4-10-6-12;1-4-9-6(8)5(2)7-3/h4-7H,3H2,1-2H3,(H,11,14);5,7H,4H2,1-3H3. The highest BCUT2D eigenvalue weighted by Crippen LogP contribution is 1.91. The largest absolute Gasteiger partial charge is 0.465 e. The van der Waals surface area contributed by atoms with E-state index in [9.17, 15) is 14.4 Å². The van der Waals surface area contributed by atoms with Crippen molar-refractivity contribution in [2.45, 2.75) is 39.8 Å². The fourth-order valence-electron chi connectivity index (χ4n) is 1.35. The number of ether oxygens (including phenoxy) is 2. The van der Waals surface area contributed by atoms with Crippen molar-refractivity contribution in [3.8, 4) is 0 Å². The van der Waals surface area contributed by atoms with E-state index in [0.717, 1.165) is 0 Å². The molecule has 0 aliphatic rings. The molecule has 2 N–H and O–H groups in total. The van der Waals surface area contributed by atoms with Crippen LogP contribution in [0.25, 0.3) is 0 Å². The van der Waals surface area contributed by atoms with Gasteiger partial charge in [-0.05, 0) is 34.7 Å². The lowest BCUT2D eigenvalue weighted by atomic mass is 10.3. The van der Waals surface area contributed by atoms with Crippen LogP contribution in [0, 0.1) is 0 Å². The van der Waals surface area contributed by atoms with Crippen LogP contribution in [0.1, 0.15) is 27.7 Å². The van der Waals surface area contributed by atoms with Crippen LogP contribution in [0.2, 0.25) is 0 Å². The Morgan fingerprint density at radius 2 is 1.62 bits per heavy atom. The van der Waals surface area contributed by atoms with E-state index in [1.54, 1.807) is 34.7 Å². The lowest BCUT2D eigenvalue weighted by Gasteiger charge is -2.12. The van der Waals surface area contributed by atoms with E-state index >= 15 is 0 Å². The number of carbonyl (C=O) groups excluding carboxylic acids is 3. The van der Waals surface area contributed by atoms with Gasteiger partial charge in [0.05, 0.1) is 13.2 Å². The fourth-order valence-corrected chi connectivity index (χ4v) is 1.35. The number of carbonyl (C=O) groups is 3. The van der Waals surface area contributed by atoms with Crippen LogP contribution in [0.5, 0.6) is 0 Å². The molecule has 136 valence electrons. The Balaban J connectivity index is 0.000000506. The Kier molecular flexibility index (Phi) is 10.8. The zero-order valence-corrected chi connectivity index (χ0v) is 14.7. The van der Waals surface area contributed by atoms with Gasteiger partial charge >= 0.3 is 18.0 Å². The molecule has 1 aromatic heterocycles. The number of aromatic nitrogens is 2. The summed E-state index contributed by atoms with van der Waals surface area (Å²) in [5, 5.41) is 5.25. The predicted molar refractivity (Wildman–Crippen MR) is 87.4 cm³/mol. The zero-order chi connectivity index (χ0) is 18.5. The minimum absolute atomic E-state index is 0.190. The average molecular weight is 342 g/mol. The normalized spacial score (nSPS) is 12.2. The third-order valence-corrected chi connectivity index (χ3v) is 2.79. The molecule has 0 saturated carbocycles. The summed E-state index contributed by atoms with van der Waals surface area (Å²) < 4.78 is 10.7. The van der Waals surface area contributed by atoms with Crippen molar-refractivity contribution >= 4 is 18.0 Å². The van der Waals surface area contributed by atoms with Crippen molar-refractivity contribution in [1.29, 1.82) is 0 Å². The van der Waals surface area contributed by atoms with E-state index in [1.165, 1.54) is 23.3 Å². The topological polar surface area (TPSA) is 112 Å². The van der Waals surface area contributed by atoms with Gasteiger partial charge in [0.2, 0.25) is 0 Å². The van der Waals surface area contributed by atoms with E-state index < -0.39 is 18.0 Å². The van der Waals surface area contributed by atoms with Crippen molar-refractivity contribution in [1.82, 2.24) is 20.2 Å². The number of nitrogens with one attached hydrogen (secondary N) is 2. The lowest BCUT2D eigenvalue weighted by Crippen LogP contribution is -2.41. The second kappa shape index (κ2) is 12.1. The molecule has 2 unspecified atom stereocenters. The average Bonchev–Trinajstić information content (AvgIpc) is 3.09. The predicted octanol–water partition coefficient (Wildman–Crippen LogP) is 0.550. The van der Waals surface area contributed by atoms with E-state index in [-0.39, 0.29) is 12.0 Å². The highest BCUT2D eigenvalue weighted by atomic mass is 16.5. The number of hydrogen-bond donors (Lipinski definition) is 2. The molecular formula is C15H26N4O5. The molecule has 1 heterocycles. The van der Waals surface area contributed by atoms with Crippen LogP contribution in [0.15, 0.2) is 18.7 Å². The maximum Gasteiger partial charge on any atom is 0.328 e. The number of imidazole rings is 1. The van der Waals surface area contributed by atoms with E-state index in [2.05, 4.69) is 15.6 Å². The van der Waals surface area contributed by atoms with Gasteiger partial charge in [0.1, 0.15) is 18.4 Å². The number of amides is 1. The van der Waals surface area contributed by atoms with Crippen LogP contribution < -0.4 is 10.6 Å². The maximum atomic E-state index is 11.4. The monoisotopic (exact) mass is 342 g/mol. The first-order valence-corrected chi connectivity index (χ1v) is 7.66. The summed E-state index contributed by atoms with van der Waals surface area (Å²) in [6.45, 7) is 7.57. The summed E-state index contributed by atoms with van der Waals surface area (Å²) >= 11 is 0. The van der Waals surface area contributed by atoms with Gasteiger partial charge in [-0.25, -0.2) is 14.6 Å². The van der Waals surface area contributed by atoms with Gasteiger partial charge < -0.3 is 20.1 Å². The summed E-state index contributed by atoms with van der Waals surface area (Å²) in [6.07, 6.45) is 4.33. The highest BCUT2D eigenvalue weighted by molar-refractivity contribution is 5.84. The summed E-state index contributed by atoms with van der Waals surface area (Å²) in [5.74, 6) is -0.647. The number of esters is 2. The van der Waals surface area contributed by atoms with Gasteiger partial charge in [0.25, 0.3) is 0 Å². The van der Waals surface area contributed by atoms with Gasteiger partial charge in [-0.2, -0.15) is 0 Å². The minimum Gasteiger partial charge on any atom is -0.465 e. The second-order valence-corrected chi connectivity index (χ2v) is 4.66. The summed E-state index contributed by atoms with van der Waals surface area (Å²) in [7, 11) is 1.72. The Morgan fingerprint density at radius 3 is 2.04 bits per heavy atom. The molecule has 9 nitrogen and oxygen atoms in total. The first-order valence-electron chi connectivity index (χ1n) is 7.66. The molecule has 9 heteroatoms. The summed E-state index contributed by atoms with van der Waals surface area (Å²) in [5.41, 5.74) is 0. The second-order valence-electron chi connectivity index (χ2n) is 4.66. The fraction of sp³-hybridized carbons (Fsp3) is 0.600. The van der Waals surface area contributed by atoms with Gasteiger partial charge in [0, 0.05) is 12.4 Å². The van der Waals surface area contributed by atoms with Crippen molar-refractivity contribution < 1.29 is 23.9 Å². The Morgan fingerprint density at radius 1 is 1.08 bits per heavy atom. The quantitative estimate of drug-likeness (QED) is 0.726. The Labute approximate surface area is 141 Å². The van der Waals surface area contributed by atoms with Crippen LogP contribution in [-0.2, 0) is 19.1 Å². The van der Waals surface area contributed by atoms with Crippen LogP contribution in [0.3, 0.4) is 0 Å². The van der Waals surface area contributed by atoms with Crippen molar-refractivity contribution in [2.24, 2.45) is 0 Å². The highest BCUT2D eigenvalue weighted by Gasteiger charge is 2.16. The van der Waals surface area contributed by atoms with E-state index in [4.69, 9.17) is 9.47 Å². The Hall–Kier alpha value is -2.42. The van der Waals surface area contributed by atoms with E-state index in [0.29, 0.717) is 13.2 Å². The van der Waals surface area contributed by atoms with Crippen molar-refractivity contribution in [2.75, 3.05) is 20.3 Å². The van der Waals surface area contributed by atoms with E-state index in [1.807, 2.05) is 0 Å². The number of hydrogen-bond acceptors (Lipinski definition) is 7. The van der Waals surface area contributed by atoms with Crippen LogP contribution in [0.4, 0.5) is 4.79 Å². The molecule has 1 rings (SSSR count). The molecule has 2 atom stereocenters. The summed E-state index contributed by atoms with van der Waals surface area (Å²) in [4.78, 5) is 37.0. The number of likely N-dealkylation sites (N-methyl/N-ethyl adjacent to an activating group) is 1.